The van der Waals surface area contributed by atoms with Crippen LogP contribution in [0.2, 0.25) is 0 Å². The summed E-state index contributed by atoms with van der Waals surface area (Å²) in [6.45, 7) is 5.19. The molecule has 0 radical (unpaired) electrons. The average Bonchev–Trinajstić information content (AvgIpc) is 2.00. The maximum absolute atomic E-state index is 10.6. The Labute approximate surface area is 83.7 Å². The molecule has 0 aliphatic heterocycles. The van der Waals surface area contributed by atoms with E-state index in [0.29, 0.717) is 6.42 Å². The molecule has 1 unspecified atom stereocenters. The summed E-state index contributed by atoms with van der Waals surface area (Å²) in [6, 6.07) is 0. The molecule has 3 N–H and O–H groups in total. The summed E-state index contributed by atoms with van der Waals surface area (Å²) >= 11 is 0. The van der Waals surface area contributed by atoms with Crippen molar-refractivity contribution in [2.24, 2.45) is 11.7 Å². The molecular formula is C8H15NO4S. The van der Waals surface area contributed by atoms with Crippen molar-refractivity contribution >= 4 is 16.0 Å². The van der Waals surface area contributed by atoms with Gasteiger partial charge in [-0.15, -0.1) is 0 Å². The fourth-order valence-corrected chi connectivity index (χ4v) is 2.02. The number of hydrogen-bond acceptors (Lipinski definition) is 3. The predicted octanol–water partition coefficient (Wildman–Crippen LogP) is 0.332. The summed E-state index contributed by atoms with van der Waals surface area (Å²) in [4.78, 5) is 10.6. The molecule has 0 aromatic carbocycles. The van der Waals surface area contributed by atoms with Crippen LogP contribution in [0.4, 0.5) is 0 Å². The highest BCUT2D eigenvalue weighted by Crippen LogP contribution is 2.15. The molecule has 0 spiro atoms. The minimum absolute atomic E-state index is 0.181. The van der Waals surface area contributed by atoms with Crippen LogP contribution in [0.25, 0.3) is 0 Å². The summed E-state index contributed by atoms with van der Waals surface area (Å²) < 4.78 is 29.7. The summed E-state index contributed by atoms with van der Waals surface area (Å²) in [5, 5.41) is 0. The molecule has 0 bridgehead atoms. The molecule has 82 valence electrons. The number of carbonyl (C=O) groups is 1. The van der Waals surface area contributed by atoms with Crippen LogP contribution < -0.4 is 5.73 Å². The SMILES string of the molecule is C=C(CC(CC)CS(=O)(=O)O)C(N)=O. The molecule has 0 fully saturated rings. The Morgan fingerprint density at radius 3 is 2.36 bits per heavy atom. The highest BCUT2D eigenvalue weighted by molar-refractivity contribution is 7.85. The molecule has 0 aliphatic carbocycles. The lowest BCUT2D eigenvalue weighted by atomic mass is 9.99. The van der Waals surface area contributed by atoms with Crippen LogP contribution in [0.5, 0.6) is 0 Å². The number of primary amides is 1. The van der Waals surface area contributed by atoms with E-state index < -0.39 is 16.0 Å². The zero-order valence-corrected chi connectivity index (χ0v) is 8.88. The number of rotatable bonds is 6. The van der Waals surface area contributed by atoms with Crippen LogP contribution in [-0.2, 0) is 14.9 Å². The van der Waals surface area contributed by atoms with Gasteiger partial charge in [0.15, 0.2) is 0 Å². The van der Waals surface area contributed by atoms with E-state index in [0.717, 1.165) is 0 Å². The molecule has 1 atom stereocenters. The first kappa shape index (κ1) is 13.1. The topological polar surface area (TPSA) is 97.5 Å². The van der Waals surface area contributed by atoms with Crippen molar-refractivity contribution < 1.29 is 17.8 Å². The van der Waals surface area contributed by atoms with Crippen molar-refractivity contribution in [3.63, 3.8) is 0 Å². The van der Waals surface area contributed by atoms with Gasteiger partial charge in [0.05, 0.1) is 5.75 Å². The van der Waals surface area contributed by atoms with Crippen molar-refractivity contribution in [1.29, 1.82) is 0 Å². The molecule has 0 rings (SSSR count). The van der Waals surface area contributed by atoms with Gasteiger partial charge in [0, 0.05) is 5.57 Å². The standard InChI is InChI=1S/C8H15NO4S/c1-3-7(5-14(11,12)13)4-6(2)8(9)10/h7H,2-5H2,1H3,(H2,9,10)(H,11,12,13). The second-order valence-electron chi connectivity index (χ2n) is 3.19. The Kier molecular flexibility index (Phi) is 4.79. The Hall–Kier alpha value is -0.880. The number of amides is 1. The summed E-state index contributed by atoms with van der Waals surface area (Å²) in [5.41, 5.74) is 5.13. The van der Waals surface area contributed by atoms with Crippen molar-refractivity contribution in [2.45, 2.75) is 19.8 Å². The van der Waals surface area contributed by atoms with E-state index >= 15 is 0 Å². The summed E-state index contributed by atoms with van der Waals surface area (Å²) in [6.07, 6.45) is 0.734. The van der Waals surface area contributed by atoms with Crippen molar-refractivity contribution in [1.82, 2.24) is 0 Å². The van der Waals surface area contributed by atoms with Crippen LogP contribution in [0.3, 0.4) is 0 Å². The smallest absolute Gasteiger partial charge is 0.265 e. The van der Waals surface area contributed by atoms with Gasteiger partial charge in [-0.2, -0.15) is 8.42 Å². The lowest BCUT2D eigenvalue weighted by Crippen LogP contribution is -2.20. The number of carbonyl (C=O) groups excluding carboxylic acids is 1. The Morgan fingerprint density at radius 2 is 2.07 bits per heavy atom. The van der Waals surface area contributed by atoms with Crippen LogP contribution in [0, 0.1) is 5.92 Å². The zero-order chi connectivity index (χ0) is 11.4. The highest BCUT2D eigenvalue weighted by Gasteiger charge is 2.17. The van der Waals surface area contributed by atoms with Crippen LogP contribution in [0.1, 0.15) is 19.8 Å². The van der Waals surface area contributed by atoms with Gasteiger partial charge in [-0.1, -0.05) is 19.9 Å². The van der Waals surface area contributed by atoms with E-state index in [2.05, 4.69) is 6.58 Å². The number of hydrogen-bond donors (Lipinski definition) is 2. The first-order valence-electron chi connectivity index (χ1n) is 4.19. The molecule has 0 saturated heterocycles. The Morgan fingerprint density at radius 1 is 1.57 bits per heavy atom. The number of nitrogens with two attached hydrogens (primary N) is 1. The summed E-state index contributed by atoms with van der Waals surface area (Å²) in [7, 11) is -4.00. The normalized spacial score (nSPS) is 13.6. The highest BCUT2D eigenvalue weighted by atomic mass is 32.2. The molecule has 5 nitrogen and oxygen atoms in total. The zero-order valence-electron chi connectivity index (χ0n) is 8.06. The van der Waals surface area contributed by atoms with Crippen molar-refractivity contribution in [3.05, 3.63) is 12.2 Å². The van der Waals surface area contributed by atoms with E-state index in [4.69, 9.17) is 10.3 Å². The fourth-order valence-electron chi connectivity index (χ4n) is 1.07. The van der Waals surface area contributed by atoms with Gasteiger partial charge in [-0.25, -0.2) is 0 Å². The second kappa shape index (κ2) is 5.11. The lowest BCUT2D eigenvalue weighted by Gasteiger charge is -2.12. The van der Waals surface area contributed by atoms with Crippen molar-refractivity contribution in [2.75, 3.05) is 5.75 Å². The van der Waals surface area contributed by atoms with Crippen LogP contribution >= 0.6 is 0 Å². The third-order valence-corrected chi connectivity index (χ3v) is 2.80. The minimum Gasteiger partial charge on any atom is -0.366 e. The maximum Gasteiger partial charge on any atom is 0.265 e. The van der Waals surface area contributed by atoms with Gasteiger partial charge in [0.1, 0.15) is 0 Å². The van der Waals surface area contributed by atoms with Crippen LogP contribution in [-0.4, -0.2) is 24.6 Å². The van der Waals surface area contributed by atoms with E-state index in [1.807, 2.05) is 0 Å². The molecule has 0 saturated carbocycles. The first-order valence-corrected chi connectivity index (χ1v) is 5.80. The molecule has 0 aliphatic rings. The van der Waals surface area contributed by atoms with Gasteiger partial charge < -0.3 is 5.73 Å². The van der Waals surface area contributed by atoms with E-state index in [1.54, 1.807) is 6.92 Å². The first-order chi connectivity index (χ1) is 6.26. The lowest BCUT2D eigenvalue weighted by molar-refractivity contribution is -0.114. The van der Waals surface area contributed by atoms with E-state index in [-0.39, 0.29) is 23.7 Å². The van der Waals surface area contributed by atoms with Gasteiger partial charge in [-0.05, 0) is 12.3 Å². The van der Waals surface area contributed by atoms with Crippen LogP contribution in [0.15, 0.2) is 12.2 Å². The average molecular weight is 221 g/mol. The molecular weight excluding hydrogens is 206 g/mol. The third kappa shape index (κ3) is 5.71. The maximum atomic E-state index is 10.6. The second-order valence-corrected chi connectivity index (χ2v) is 4.69. The van der Waals surface area contributed by atoms with Gasteiger partial charge in [0.2, 0.25) is 5.91 Å². The summed E-state index contributed by atoms with van der Waals surface area (Å²) in [5.74, 6) is -1.32. The molecule has 6 heteroatoms. The van der Waals surface area contributed by atoms with Crippen molar-refractivity contribution in [3.8, 4) is 0 Å². The van der Waals surface area contributed by atoms with Gasteiger partial charge >= 0.3 is 0 Å². The van der Waals surface area contributed by atoms with Gasteiger partial charge in [0.25, 0.3) is 10.1 Å². The van der Waals surface area contributed by atoms with E-state index in [1.165, 1.54) is 0 Å². The quantitative estimate of drug-likeness (QED) is 0.499. The minimum atomic E-state index is -4.00. The molecule has 0 heterocycles. The largest absolute Gasteiger partial charge is 0.366 e. The molecule has 0 aromatic heterocycles. The Bertz CT molecular complexity index is 320. The third-order valence-electron chi connectivity index (χ3n) is 1.91. The molecule has 1 amide bonds. The molecule has 14 heavy (non-hydrogen) atoms. The molecule has 0 aromatic rings. The predicted molar refractivity (Wildman–Crippen MR) is 53.1 cm³/mol. The Balaban J connectivity index is 4.31. The monoisotopic (exact) mass is 221 g/mol. The fraction of sp³-hybridized carbons (Fsp3) is 0.625. The van der Waals surface area contributed by atoms with E-state index in [9.17, 15) is 13.2 Å². The van der Waals surface area contributed by atoms with Gasteiger partial charge in [-0.3, -0.25) is 9.35 Å².